The van der Waals surface area contributed by atoms with Crippen molar-refractivity contribution < 1.29 is 14.3 Å². The summed E-state index contributed by atoms with van der Waals surface area (Å²) in [5, 5.41) is 6.72. The Morgan fingerprint density at radius 2 is 1.79 bits per heavy atom. The molecule has 3 amide bonds. The number of rotatable bonds is 5. The maximum Gasteiger partial charge on any atom is 0.344 e. The molecule has 0 radical (unpaired) electrons. The Balaban J connectivity index is 1.70. The summed E-state index contributed by atoms with van der Waals surface area (Å²) < 4.78 is 5.14. The van der Waals surface area contributed by atoms with Crippen LogP contribution in [0.1, 0.15) is 25.0 Å². The van der Waals surface area contributed by atoms with E-state index in [2.05, 4.69) is 23.0 Å². The van der Waals surface area contributed by atoms with Gasteiger partial charge in [-0.1, -0.05) is 31.2 Å². The van der Waals surface area contributed by atoms with Crippen LogP contribution in [0.5, 0.6) is 5.75 Å². The predicted octanol–water partition coefficient (Wildman–Crippen LogP) is 2.93. The van der Waals surface area contributed by atoms with E-state index in [4.69, 9.17) is 17.0 Å². The lowest BCUT2D eigenvalue weighted by Crippen LogP contribution is -2.49. The fraction of sp³-hybridized carbons (Fsp3) is 0.250. The zero-order chi connectivity index (χ0) is 20.3. The van der Waals surface area contributed by atoms with Crippen LogP contribution in [0.15, 0.2) is 48.5 Å². The van der Waals surface area contributed by atoms with Gasteiger partial charge in [0.05, 0.1) is 7.11 Å². The zero-order valence-corrected chi connectivity index (χ0v) is 16.7. The minimum atomic E-state index is -1.20. The molecule has 3 rings (SSSR count). The molecular weight excluding hydrogens is 376 g/mol. The molecule has 0 aromatic heterocycles. The van der Waals surface area contributed by atoms with Crippen LogP contribution >= 0.6 is 12.2 Å². The molecule has 7 nitrogen and oxygen atoms in total. The fourth-order valence-corrected chi connectivity index (χ4v) is 3.15. The van der Waals surface area contributed by atoms with Crippen molar-refractivity contribution in [3.05, 3.63) is 59.7 Å². The number of imide groups is 1. The van der Waals surface area contributed by atoms with Gasteiger partial charge < -0.3 is 15.4 Å². The number of hydrogen-bond donors (Lipinski definition) is 3. The number of nitrogens with zero attached hydrogens (tertiary/aromatic N) is 1. The molecule has 146 valence electrons. The molecule has 28 heavy (non-hydrogen) atoms. The molecular formula is C20H22N4O3S. The number of anilines is 1. The number of thiocarbonyl (C=S) groups is 1. The Bertz CT molecular complexity index is 899. The maximum atomic E-state index is 12.9. The Hall–Kier alpha value is -3.13. The van der Waals surface area contributed by atoms with Gasteiger partial charge in [0.15, 0.2) is 5.11 Å². The lowest BCUT2D eigenvalue weighted by Gasteiger charge is -2.23. The lowest BCUT2D eigenvalue weighted by molar-refractivity contribution is -0.132. The summed E-state index contributed by atoms with van der Waals surface area (Å²) in [6, 6.07) is 14.1. The number of carbonyl (C=O) groups excluding carboxylic acids is 2. The monoisotopic (exact) mass is 398 g/mol. The molecule has 3 N–H and O–H groups in total. The molecule has 1 saturated heterocycles. The van der Waals surface area contributed by atoms with Gasteiger partial charge in [0.25, 0.3) is 5.91 Å². The van der Waals surface area contributed by atoms with Crippen molar-refractivity contribution in [1.82, 2.24) is 15.8 Å². The van der Waals surface area contributed by atoms with Crippen molar-refractivity contribution in [1.29, 1.82) is 0 Å². The Labute approximate surface area is 169 Å². The van der Waals surface area contributed by atoms with Crippen LogP contribution in [0.4, 0.5) is 10.5 Å². The van der Waals surface area contributed by atoms with Gasteiger partial charge in [0.2, 0.25) is 0 Å². The third-order valence-electron chi connectivity index (χ3n) is 4.69. The first kappa shape index (κ1) is 19.6. The number of nitrogens with one attached hydrogen (secondary N) is 3. The number of amides is 3. The number of methoxy groups -OCH3 is 1. The van der Waals surface area contributed by atoms with Gasteiger partial charge in [0, 0.05) is 5.69 Å². The quantitative estimate of drug-likeness (QED) is 0.531. The van der Waals surface area contributed by atoms with E-state index in [1.54, 1.807) is 38.3 Å². The Morgan fingerprint density at radius 3 is 2.36 bits per heavy atom. The van der Waals surface area contributed by atoms with Crippen LogP contribution in [-0.4, -0.2) is 29.2 Å². The summed E-state index contributed by atoms with van der Waals surface area (Å²) in [4.78, 5) is 25.3. The van der Waals surface area contributed by atoms with Crippen LogP contribution in [0.3, 0.4) is 0 Å². The van der Waals surface area contributed by atoms with E-state index in [1.807, 2.05) is 24.3 Å². The minimum absolute atomic E-state index is 0.145. The highest BCUT2D eigenvalue weighted by Crippen LogP contribution is 2.29. The van der Waals surface area contributed by atoms with Crippen molar-refractivity contribution in [2.75, 3.05) is 12.4 Å². The molecule has 0 spiro atoms. The third-order valence-corrected chi connectivity index (χ3v) is 4.88. The summed E-state index contributed by atoms with van der Waals surface area (Å²) >= 11 is 5.25. The Kier molecular flexibility index (Phi) is 5.51. The van der Waals surface area contributed by atoms with Crippen LogP contribution in [0.25, 0.3) is 0 Å². The van der Waals surface area contributed by atoms with Crippen LogP contribution in [-0.2, 0) is 16.8 Å². The number of urea groups is 1. The first-order valence-corrected chi connectivity index (χ1v) is 9.26. The van der Waals surface area contributed by atoms with Gasteiger partial charge in [-0.05, 0) is 61.0 Å². The molecule has 1 atom stereocenters. The minimum Gasteiger partial charge on any atom is -0.497 e. The van der Waals surface area contributed by atoms with Gasteiger partial charge in [-0.25, -0.2) is 4.79 Å². The Morgan fingerprint density at radius 1 is 1.14 bits per heavy atom. The third kappa shape index (κ3) is 3.77. The normalized spacial score (nSPS) is 18.6. The smallest absolute Gasteiger partial charge is 0.344 e. The highest BCUT2D eigenvalue weighted by atomic mass is 32.1. The molecule has 0 bridgehead atoms. The van der Waals surface area contributed by atoms with Crippen molar-refractivity contribution in [2.24, 2.45) is 0 Å². The van der Waals surface area contributed by atoms with E-state index < -0.39 is 17.5 Å². The SMILES string of the molecule is CCc1ccc(NC(=S)NN2C(=O)N[C@@](C)(c3ccc(OC)cc3)C2=O)cc1. The lowest BCUT2D eigenvalue weighted by atomic mass is 9.92. The van der Waals surface area contributed by atoms with Gasteiger partial charge in [-0.2, -0.15) is 5.01 Å². The standard InChI is InChI=1S/C20H22N4O3S/c1-4-13-5-9-15(10-6-13)21-18(28)23-24-17(25)20(2,22-19(24)26)14-7-11-16(27-3)12-8-14/h5-12H,4H2,1-3H3,(H,22,26)(H2,21,23,28)/t20-/m0/s1. The van der Waals surface area contributed by atoms with Crippen LogP contribution < -0.4 is 20.8 Å². The highest BCUT2D eigenvalue weighted by molar-refractivity contribution is 7.80. The largest absolute Gasteiger partial charge is 0.497 e. The van der Waals surface area contributed by atoms with E-state index in [0.29, 0.717) is 11.3 Å². The molecule has 8 heteroatoms. The van der Waals surface area contributed by atoms with Gasteiger partial charge in [-0.3, -0.25) is 10.2 Å². The van der Waals surface area contributed by atoms with Crippen LogP contribution in [0, 0.1) is 0 Å². The molecule has 1 aliphatic rings. The topological polar surface area (TPSA) is 82.7 Å². The van der Waals surface area contributed by atoms with Crippen molar-refractivity contribution >= 4 is 35.0 Å². The maximum absolute atomic E-state index is 12.9. The predicted molar refractivity (Wildman–Crippen MR) is 111 cm³/mol. The number of hydrogen-bond acceptors (Lipinski definition) is 4. The van der Waals surface area contributed by atoms with E-state index in [-0.39, 0.29) is 5.11 Å². The average Bonchev–Trinajstić information content (AvgIpc) is 2.92. The van der Waals surface area contributed by atoms with E-state index in [1.165, 1.54) is 5.56 Å². The molecule has 1 fully saturated rings. The summed E-state index contributed by atoms with van der Waals surface area (Å²) in [5.41, 5.74) is 4.08. The van der Waals surface area contributed by atoms with E-state index in [0.717, 1.165) is 17.1 Å². The van der Waals surface area contributed by atoms with Gasteiger partial charge in [0.1, 0.15) is 11.3 Å². The molecule has 0 aliphatic carbocycles. The zero-order valence-electron chi connectivity index (χ0n) is 15.9. The molecule has 1 aliphatic heterocycles. The van der Waals surface area contributed by atoms with E-state index >= 15 is 0 Å². The number of ether oxygens (including phenoxy) is 1. The summed E-state index contributed by atoms with van der Waals surface area (Å²) in [7, 11) is 1.56. The van der Waals surface area contributed by atoms with Crippen molar-refractivity contribution in [2.45, 2.75) is 25.8 Å². The van der Waals surface area contributed by atoms with Crippen molar-refractivity contribution in [3.8, 4) is 5.75 Å². The second-order valence-corrected chi connectivity index (χ2v) is 6.95. The fourth-order valence-electron chi connectivity index (χ4n) is 2.94. The number of carbonyl (C=O) groups is 2. The number of benzene rings is 2. The van der Waals surface area contributed by atoms with Crippen LogP contribution in [0.2, 0.25) is 0 Å². The summed E-state index contributed by atoms with van der Waals surface area (Å²) in [6.07, 6.45) is 0.940. The average molecular weight is 398 g/mol. The van der Waals surface area contributed by atoms with Crippen molar-refractivity contribution in [3.63, 3.8) is 0 Å². The van der Waals surface area contributed by atoms with Gasteiger partial charge >= 0.3 is 6.03 Å². The first-order chi connectivity index (χ1) is 13.4. The van der Waals surface area contributed by atoms with E-state index in [9.17, 15) is 9.59 Å². The molecule has 1 heterocycles. The molecule has 0 saturated carbocycles. The molecule has 0 unspecified atom stereocenters. The molecule has 2 aromatic rings. The second-order valence-electron chi connectivity index (χ2n) is 6.54. The number of aryl methyl sites for hydroxylation is 1. The molecule has 2 aromatic carbocycles. The van der Waals surface area contributed by atoms with Gasteiger partial charge in [-0.15, -0.1) is 0 Å². The second kappa shape index (κ2) is 7.85. The summed E-state index contributed by atoms with van der Waals surface area (Å²) in [6.45, 7) is 3.72. The summed E-state index contributed by atoms with van der Waals surface area (Å²) in [5.74, 6) is 0.215. The first-order valence-electron chi connectivity index (χ1n) is 8.85. The number of hydrazine groups is 1. The highest BCUT2D eigenvalue weighted by Gasteiger charge is 2.49.